The second-order valence-corrected chi connectivity index (χ2v) is 22.1. The summed E-state index contributed by atoms with van der Waals surface area (Å²) in [6, 6.07) is 0. The molecule has 0 N–H and O–H groups in total. The normalized spacial score (nSPS) is 24.1. The summed E-state index contributed by atoms with van der Waals surface area (Å²) in [5.41, 5.74) is 0. The molecular weight excluding hydrogens is 422 g/mol. The Hall–Kier alpha value is 0.975. The predicted molar refractivity (Wildman–Crippen MR) is 140 cm³/mol. The van der Waals surface area contributed by atoms with Gasteiger partial charge in [-0.2, -0.15) is 0 Å². The molecule has 0 amide bonds. The van der Waals surface area contributed by atoms with Gasteiger partial charge in [-0.25, -0.2) is 0 Å². The molecular formula is C25H51BBrP. The van der Waals surface area contributed by atoms with Crippen LogP contribution in [0.4, 0.5) is 0 Å². The SMILES string of the molecule is CCCCP(Br)(CCCC)(CCCC)CCCCCB1C2CCCC1CCC2. The van der Waals surface area contributed by atoms with Crippen molar-refractivity contribution in [2.24, 2.45) is 0 Å². The first kappa shape index (κ1) is 25.2. The molecule has 0 aromatic carbocycles. The summed E-state index contributed by atoms with van der Waals surface area (Å²) in [5, 5.41) is -1.65. The van der Waals surface area contributed by atoms with Crippen LogP contribution in [-0.4, -0.2) is 31.4 Å². The molecule has 0 unspecified atom stereocenters. The van der Waals surface area contributed by atoms with E-state index in [2.05, 4.69) is 36.3 Å². The van der Waals surface area contributed by atoms with Gasteiger partial charge in [-0.1, -0.05) is 0 Å². The first-order valence-corrected chi connectivity index (χ1v) is 18.3. The Labute approximate surface area is 186 Å². The fraction of sp³-hybridized carbons (Fsp3) is 1.00. The summed E-state index contributed by atoms with van der Waals surface area (Å²) in [6.45, 7) is 8.26. The molecule has 0 saturated carbocycles. The third-order valence-electron chi connectivity index (χ3n) is 8.48. The van der Waals surface area contributed by atoms with E-state index in [4.69, 9.17) is 0 Å². The molecule has 0 aliphatic carbocycles. The van der Waals surface area contributed by atoms with Crippen molar-refractivity contribution in [2.75, 3.05) is 24.6 Å². The molecule has 2 fully saturated rings. The Morgan fingerprint density at radius 3 is 1.50 bits per heavy atom. The molecule has 0 aromatic rings. The van der Waals surface area contributed by atoms with Crippen molar-refractivity contribution >= 4 is 27.5 Å². The van der Waals surface area contributed by atoms with Crippen LogP contribution in [0.15, 0.2) is 0 Å². The average molecular weight is 473 g/mol. The first-order chi connectivity index (χ1) is 13.5. The second-order valence-electron chi connectivity index (χ2n) is 10.7. The van der Waals surface area contributed by atoms with Crippen molar-refractivity contribution < 1.29 is 0 Å². The summed E-state index contributed by atoms with van der Waals surface area (Å²) in [5.74, 6) is 2.23. The molecule has 0 aromatic heterocycles. The molecule has 2 rings (SSSR count). The Morgan fingerprint density at radius 1 is 0.643 bits per heavy atom. The van der Waals surface area contributed by atoms with E-state index in [0.717, 1.165) is 18.3 Å². The van der Waals surface area contributed by atoms with Crippen molar-refractivity contribution in [3.63, 3.8) is 0 Å². The van der Waals surface area contributed by atoms with Gasteiger partial charge in [0.05, 0.1) is 0 Å². The van der Waals surface area contributed by atoms with E-state index in [0.29, 0.717) is 0 Å². The monoisotopic (exact) mass is 472 g/mol. The van der Waals surface area contributed by atoms with Gasteiger partial charge in [0.25, 0.3) is 0 Å². The van der Waals surface area contributed by atoms with E-state index < -0.39 is 5.31 Å². The zero-order chi connectivity index (χ0) is 20.3. The zero-order valence-corrected chi connectivity index (χ0v) is 22.2. The van der Waals surface area contributed by atoms with Crippen molar-refractivity contribution in [3.8, 4) is 0 Å². The Balaban J connectivity index is 1.83. The van der Waals surface area contributed by atoms with E-state index in [9.17, 15) is 0 Å². The van der Waals surface area contributed by atoms with E-state index in [1.54, 1.807) is 38.2 Å². The van der Waals surface area contributed by atoms with Crippen LogP contribution in [0.25, 0.3) is 0 Å². The predicted octanol–water partition coefficient (Wildman–Crippen LogP) is 10.0. The Kier molecular flexibility index (Phi) is 11.5. The minimum atomic E-state index is -1.65. The van der Waals surface area contributed by atoms with E-state index in [-0.39, 0.29) is 0 Å². The van der Waals surface area contributed by atoms with Crippen molar-refractivity contribution in [1.82, 2.24) is 0 Å². The van der Waals surface area contributed by atoms with Gasteiger partial charge in [0, 0.05) is 0 Å². The van der Waals surface area contributed by atoms with Crippen LogP contribution in [0.2, 0.25) is 18.0 Å². The third-order valence-corrected chi connectivity index (χ3v) is 18.5. The fourth-order valence-electron chi connectivity index (χ4n) is 6.68. The van der Waals surface area contributed by atoms with Gasteiger partial charge >= 0.3 is 187 Å². The molecule has 3 heteroatoms. The number of hydrogen-bond acceptors (Lipinski definition) is 0. The van der Waals surface area contributed by atoms with Crippen LogP contribution in [0.5, 0.6) is 0 Å². The molecule has 2 aliphatic heterocycles. The van der Waals surface area contributed by atoms with Crippen molar-refractivity contribution in [3.05, 3.63) is 0 Å². The molecule has 0 spiro atoms. The second kappa shape index (κ2) is 12.7. The van der Waals surface area contributed by atoms with Crippen LogP contribution in [0.1, 0.15) is 117 Å². The van der Waals surface area contributed by atoms with E-state index in [1.807, 2.05) is 0 Å². The number of halogens is 1. The van der Waals surface area contributed by atoms with E-state index in [1.165, 1.54) is 89.1 Å². The van der Waals surface area contributed by atoms with Gasteiger partial charge in [-0.15, -0.1) is 0 Å². The van der Waals surface area contributed by atoms with Gasteiger partial charge in [0.1, 0.15) is 0 Å². The Bertz CT molecular complexity index is 380. The fourth-order valence-corrected chi connectivity index (χ4v) is 15.4. The van der Waals surface area contributed by atoms with Crippen LogP contribution in [0.3, 0.4) is 0 Å². The number of unbranched alkanes of at least 4 members (excludes halogenated alkanes) is 5. The molecule has 2 saturated heterocycles. The van der Waals surface area contributed by atoms with Crippen LogP contribution in [-0.2, 0) is 0 Å². The van der Waals surface area contributed by atoms with Crippen molar-refractivity contribution in [1.29, 1.82) is 0 Å². The van der Waals surface area contributed by atoms with Crippen LogP contribution >= 0.6 is 20.8 Å². The van der Waals surface area contributed by atoms with Gasteiger partial charge < -0.3 is 0 Å². The molecule has 0 radical (unpaired) electrons. The summed E-state index contributed by atoms with van der Waals surface area (Å²) in [6.07, 6.45) is 30.0. The molecule has 2 aliphatic rings. The maximum atomic E-state index is 4.59. The van der Waals surface area contributed by atoms with E-state index >= 15 is 0 Å². The zero-order valence-electron chi connectivity index (χ0n) is 19.7. The maximum absolute atomic E-state index is 4.59. The van der Waals surface area contributed by atoms with Gasteiger partial charge in [-0.05, 0) is 0 Å². The summed E-state index contributed by atoms with van der Waals surface area (Å²) >= 11 is 4.59. The standard InChI is InChI=1S/C25H51BBrP/c1-4-7-20-28(27,21-8-5-2,22-9-6-3)23-12-10-11-19-26-24-15-13-16-25(26)18-14-17-24/h24-25H,4-23H2,1-3H3. The molecule has 166 valence electrons. The molecule has 2 bridgehead atoms. The van der Waals surface area contributed by atoms with Crippen LogP contribution < -0.4 is 0 Å². The summed E-state index contributed by atoms with van der Waals surface area (Å²) in [7, 11) is 0. The molecule has 28 heavy (non-hydrogen) atoms. The summed E-state index contributed by atoms with van der Waals surface area (Å²) < 4.78 is 0. The number of hydrogen-bond donors (Lipinski definition) is 0. The summed E-state index contributed by atoms with van der Waals surface area (Å²) in [4.78, 5) is 0. The van der Waals surface area contributed by atoms with Gasteiger partial charge in [0.2, 0.25) is 0 Å². The number of fused-ring (bicyclic) bond motifs is 2. The average Bonchev–Trinajstić information content (AvgIpc) is 2.69. The quantitative estimate of drug-likeness (QED) is 0.126. The minimum absolute atomic E-state index is 1.11. The molecule has 0 nitrogen and oxygen atoms in total. The van der Waals surface area contributed by atoms with Crippen LogP contribution in [0, 0.1) is 0 Å². The Morgan fingerprint density at radius 2 is 1.07 bits per heavy atom. The van der Waals surface area contributed by atoms with Crippen molar-refractivity contribution in [2.45, 2.75) is 135 Å². The van der Waals surface area contributed by atoms with Gasteiger partial charge in [-0.3, -0.25) is 0 Å². The van der Waals surface area contributed by atoms with Gasteiger partial charge in [0.15, 0.2) is 0 Å². The topological polar surface area (TPSA) is 0 Å². The molecule has 0 atom stereocenters. The molecule has 2 heterocycles. The third kappa shape index (κ3) is 7.59. The number of rotatable bonds is 15. The first-order valence-electron chi connectivity index (χ1n) is 13.3.